The number of aliphatic hydroxyl groups is 2. The van der Waals surface area contributed by atoms with E-state index < -0.39 is 53.9 Å². The predicted molar refractivity (Wildman–Crippen MR) is 574 cm³/mol. The summed E-state index contributed by atoms with van der Waals surface area (Å²) in [5.41, 5.74) is 17.1. The molecule has 136 heavy (non-hydrogen) atoms. The summed E-state index contributed by atoms with van der Waals surface area (Å²) in [6, 6.07) is 58.8. The van der Waals surface area contributed by atoms with Crippen molar-refractivity contribution in [3.8, 4) is 17.2 Å². The van der Waals surface area contributed by atoms with Crippen LogP contribution in [0.3, 0.4) is 0 Å². The first-order valence-corrected chi connectivity index (χ1v) is 54.5. The van der Waals surface area contributed by atoms with E-state index in [0.717, 1.165) is 129 Å². The van der Waals surface area contributed by atoms with Crippen molar-refractivity contribution in [3.05, 3.63) is 302 Å². The van der Waals surface area contributed by atoms with Gasteiger partial charge in [-0.1, -0.05) is 206 Å². The summed E-state index contributed by atoms with van der Waals surface area (Å²) in [5, 5.41) is 18.1. The number of aliphatic hydroxyl groups excluding tert-OH is 2. The molecule has 5 aliphatic rings. The van der Waals surface area contributed by atoms with Crippen LogP contribution in [-0.4, -0.2) is 183 Å². The van der Waals surface area contributed by atoms with Crippen LogP contribution in [0.15, 0.2) is 243 Å². The third-order valence-electron chi connectivity index (χ3n) is 24.6. The maximum atomic E-state index is 12.7. The predicted octanol–water partition coefficient (Wildman–Crippen LogP) is 29.7. The fourth-order valence-electron chi connectivity index (χ4n) is 16.1. The Bertz CT molecular complexity index is 5060. The smallest absolute Gasteiger partial charge is 0.130 e. The Balaban J connectivity index is 0.000000270. The minimum atomic E-state index is -2.94. The minimum Gasteiger partial charge on any atom is -0.508 e. The van der Waals surface area contributed by atoms with Crippen LogP contribution in [0.4, 0.5) is 4.39 Å². The van der Waals surface area contributed by atoms with Gasteiger partial charge >= 0.3 is 0 Å². The Labute approximate surface area is 824 Å². The van der Waals surface area contributed by atoms with Crippen molar-refractivity contribution >= 4 is 59.6 Å². The second-order valence-corrected chi connectivity index (χ2v) is 46.3. The van der Waals surface area contributed by atoms with E-state index >= 15 is 0 Å². The fourth-order valence-corrected chi connectivity index (χ4v) is 24.2. The first kappa shape index (κ1) is 119. The topological polar surface area (TPSA) is 296 Å². The maximum absolute atomic E-state index is 12.7. The lowest BCUT2D eigenvalue weighted by Gasteiger charge is -2.46. The lowest BCUT2D eigenvalue weighted by molar-refractivity contribution is 0.144. The van der Waals surface area contributed by atoms with Crippen molar-refractivity contribution in [3.63, 3.8) is 0 Å². The second-order valence-electron chi connectivity index (χ2n) is 36.2. The molecule has 4 aliphatic heterocycles. The average molecular weight is 1980 g/mol. The van der Waals surface area contributed by atoms with Gasteiger partial charge in [0.1, 0.15) is 28.8 Å². The van der Waals surface area contributed by atoms with Gasteiger partial charge in [-0.3, -0.25) is 45.5 Å². The number of methoxy groups -OCH3 is 4. The third kappa shape index (κ3) is 37.1. The van der Waals surface area contributed by atoms with Crippen LogP contribution < -0.4 is 14.2 Å². The highest BCUT2D eigenvalue weighted by Gasteiger charge is 2.39. The maximum Gasteiger partial charge on any atom is 0.130 e. The number of piperidine rings is 2. The number of nitrogens with zero attached hydrogens (tertiary/aromatic N) is 5. The Hall–Kier alpha value is -7.60. The van der Waals surface area contributed by atoms with Gasteiger partial charge in [-0.15, -0.1) is 53.9 Å². The molecular weight excluding hydrogens is 1810 g/mol. The summed E-state index contributed by atoms with van der Waals surface area (Å²) in [6.07, 6.45) is 18.4. The number of hydrogen-bond donors (Lipinski definition) is 12. The Kier molecular flexibility index (Phi) is 50.7. The van der Waals surface area contributed by atoms with E-state index in [4.69, 9.17) is 29.2 Å². The Morgan fingerprint density at radius 3 is 1.30 bits per heavy atom. The van der Waals surface area contributed by atoms with Gasteiger partial charge in [-0.25, -0.2) is 17.3 Å². The number of allylic oxidation sites excluding steroid dienone is 4. The van der Waals surface area contributed by atoms with Gasteiger partial charge in [0.15, 0.2) is 0 Å². The van der Waals surface area contributed by atoms with Crippen molar-refractivity contribution in [2.24, 2.45) is 17.8 Å². The molecule has 0 aromatic heterocycles. The number of hydrogen-bond acceptors (Lipinski definition) is 21. The van der Waals surface area contributed by atoms with Crippen LogP contribution in [0.1, 0.15) is 190 Å². The van der Waals surface area contributed by atoms with Gasteiger partial charge < -0.3 is 29.2 Å². The van der Waals surface area contributed by atoms with Crippen LogP contribution in [0.2, 0.25) is 0 Å². The van der Waals surface area contributed by atoms with E-state index in [1.54, 1.807) is 82.1 Å². The molecule has 12 N–H and O–H groups in total. The number of ether oxygens (including phenoxy) is 4. The first-order valence-electron chi connectivity index (χ1n) is 47.0. The number of halogens is 1. The zero-order chi connectivity index (χ0) is 102. The summed E-state index contributed by atoms with van der Waals surface area (Å²) in [6.45, 7) is 47.0. The van der Waals surface area contributed by atoms with E-state index in [0.29, 0.717) is 72.7 Å². The number of rotatable bonds is 21. The first-order chi connectivity index (χ1) is 64.1. The Morgan fingerprint density at radius 2 is 0.897 bits per heavy atom. The standard InChI is InChI=1S/2C14H23NO2S.C13H21NO3S.C13H21NO2S.C12H21NO3S.C10H12O2.C10H14O.C9H12.C8H9FO.C6H8/c1-3-13-8-10-15(11-9-13)18(16,17)14-6-4-12(2)5-7-14;1-3-13-5-4-10-15(11-13)18(16,17)14-8-6-12(2)7-9-14;1-11-5-7-13(8-6-11)18(15,16)14-9-3-4-12(14)10-17-2;1-10-4-8-13(9-5-10)17(15,16)14-11(2)6-7-12(14)3;1-10-4-6-12(7-5-10)17(15,16)13(3)8-11(2)9-14;1-7-4-5-9(8(2)11)10(6-7)12-3;1-7-5-8(2)10(11-4)9(3)6-7;1-7-4-5-8(2)9(3)6-7;1-6-7(9)4-3-5-8(6)10-2;1-6-4-2-3-5-6/h4-7,13,16-17H,3,8-11H2,1-2H3;6-9,13,16-17H,3-5,10-11H2,1-2H3;5-8,12,15-16H,3-4,9-10H2,1-2H3;4-5,8-9,11-12,15-16H,6-7H2,1-3H3;4-7,11,14-16H,8-9H2,1-3H3;4-6,11H,2H2,1,3H3;5-6H,1-4H3;4-6H,1-3H3;3-5H,1-2H3;2,4-5H,3H2,1H3. The molecular formula is C109H164FN5O16S5. The third-order valence-corrected chi connectivity index (χ3v) is 34.8. The van der Waals surface area contributed by atoms with Gasteiger partial charge in [-0.2, -0.15) is 8.61 Å². The molecule has 9 aromatic rings. The second kappa shape index (κ2) is 58.0. The minimum absolute atomic E-state index is 0.0108. The van der Waals surface area contributed by atoms with Gasteiger partial charge in [0.25, 0.3) is 0 Å². The van der Waals surface area contributed by atoms with Crippen molar-refractivity contribution in [1.29, 1.82) is 0 Å². The zero-order valence-electron chi connectivity index (χ0n) is 85.4. The number of aryl methyl sites for hydroxylation is 12. The van der Waals surface area contributed by atoms with Crippen LogP contribution in [0.25, 0.3) is 5.76 Å². The average Bonchev–Trinajstić information content (AvgIpc) is 1.61. The molecule has 758 valence electrons. The quantitative estimate of drug-likeness (QED) is 0.0298. The monoisotopic (exact) mass is 1980 g/mol. The lowest BCUT2D eigenvalue weighted by atomic mass is 9.96. The molecule has 0 amide bonds. The summed E-state index contributed by atoms with van der Waals surface area (Å²) in [4.78, 5) is 3.02. The molecule has 0 bridgehead atoms. The molecule has 21 nitrogen and oxygen atoms in total. The molecule has 0 spiro atoms. The van der Waals surface area contributed by atoms with Crippen LogP contribution >= 0.6 is 53.9 Å². The zero-order valence-corrected chi connectivity index (χ0v) is 89.5. The molecule has 14 rings (SSSR count). The highest BCUT2D eigenvalue weighted by Crippen LogP contribution is 2.59. The highest BCUT2D eigenvalue weighted by atomic mass is 32.3. The van der Waals surface area contributed by atoms with Gasteiger partial charge in [0.05, 0.1) is 64.0 Å². The largest absolute Gasteiger partial charge is 0.508 e. The van der Waals surface area contributed by atoms with Crippen LogP contribution in [-0.2, 0) is 4.74 Å². The van der Waals surface area contributed by atoms with Crippen molar-refractivity contribution in [1.82, 2.24) is 21.5 Å². The molecule has 9 aromatic carbocycles. The van der Waals surface area contributed by atoms with Gasteiger partial charge in [0, 0.05) is 77.7 Å². The van der Waals surface area contributed by atoms with E-state index in [1.165, 1.54) is 69.3 Å². The van der Waals surface area contributed by atoms with Crippen LogP contribution in [0, 0.1) is 114 Å². The molecule has 0 radical (unpaired) electrons. The van der Waals surface area contributed by atoms with E-state index in [-0.39, 0.29) is 42.2 Å². The van der Waals surface area contributed by atoms with Gasteiger partial charge in [-0.05, 0) is 299 Å². The molecule has 0 saturated carbocycles. The van der Waals surface area contributed by atoms with Crippen molar-refractivity contribution < 1.29 is 79.1 Å². The molecule has 4 saturated heterocycles. The molecule has 5 unspecified atom stereocenters. The molecule has 4 heterocycles. The lowest BCUT2D eigenvalue weighted by Crippen LogP contribution is -2.37. The molecule has 4 fully saturated rings. The molecule has 27 heteroatoms. The fraction of sp³-hybridized carbons (Fsp3) is 0.450. The normalized spacial score (nSPS) is 17.7. The number of benzene rings is 9. The van der Waals surface area contributed by atoms with E-state index in [1.807, 2.05) is 171 Å². The highest BCUT2D eigenvalue weighted by molar-refractivity contribution is 8.23. The summed E-state index contributed by atoms with van der Waals surface area (Å²) >= 11 is 0. The molecule has 5 atom stereocenters. The summed E-state index contributed by atoms with van der Waals surface area (Å²) < 4.78 is 146. The molecule has 1 aliphatic carbocycles. The Morgan fingerprint density at radius 1 is 0.463 bits per heavy atom. The van der Waals surface area contributed by atoms with Crippen molar-refractivity contribution in [2.75, 3.05) is 88.0 Å². The summed E-state index contributed by atoms with van der Waals surface area (Å²) in [5.74, 6) is 3.42. The van der Waals surface area contributed by atoms with E-state index in [2.05, 4.69) is 131 Å². The van der Waals surface area contributed by atoms with E-state index in [9.17, 15) is 49.9 Å². The summed E-state index contributed by atoms with van der Waals surface area (Å²) in [7, 11) is -6.08. The SMILES string of the molecule is C=C(O)c1ccc(C)cc1OC.CC1=CCC=C1.CCC1CCCN(S(O)(O)c2ccc(C)cc2)C1.CCC1CCN(S(O)(O)c2ccc(C)cc2)CC1.COCC1CCCN1S(O)(O)c1ccc(C)cc1.COc1c(C)cc(C)cc1C.COc1cccc(F)c1C.Cc1ccc(C)c(C)c1.Cc1ccc(S(O)(O)N(C)CC(C)CO)cc1.Cc1ccc(S(O)(O)N2C(C)CCC2C)cc1. The van der Waals surface area contributed by atoms with Crippen molar-refractivity contribution in [2.45, 2.75) is 245 Å². The van der Waals surface area contributed by atoms with Gasteiger partial charge in [0.2, 0.25) is 0 Å². The van der Waals surface area contributed by atoms with Crippen LogP contribution in [0.5, 0.6) is 17.2 Å².